The van der Waals surface area contributed by atoms with E-state index in [1.807, 2.05) is 11.1 Å². The quantitative estimate of drug-likeness (QED) is 0.899. The maximum Gasteiger partial charge on any atom is 0.225 e. The van der Waals surface area contributed by atoms with Gasteiger partial charge in [-0.1, -0.05) is 6.42 Å². The van der Waals surface area contributed by atoms with Crippen molar-refractivity contribution in [3.8, 4) is 0 Å². The fraction of sp³-hybridized carbons (Fsp3) is 0.750. The fourth-order valence-electron chi connectivity index (χ4n) is 4.56. The van der Waals surface area contributed by atoms with Crippen molar-refractivity contribution >= 4 is 5.91 Å². The first kappa shape index (κ1) is 17.9. The summed E-state index contributed by atoms with van der Waals surface area (Å²) in [5.41, 5.74) is 2.25. The van der Waals surface area contributed by atoms with E-state index in [1.54, 1.807) is 7.11 Å². The number of carbonyl (C=O) groups is 1. The summed E-state index contributed by atoms with van der Waals surface area (Å²) in [6.45, 7) is 2.50. The summed E-state index contributed by atoms with van der Waals surface area (Å²) in [5.74, 6) is 1.40. The van der Waals surface area contributed by atoms with Crippen molar-refractivity contribution in [1.82, 2.24) is 20.2 Å². The molecule has 1 saturated carbocycles. The molecule has 1 saturated heterocycles. The summed E-state index contributed by atoms with van der Waals surface area (Å²) in [7, 11) is 1.77. The number of rotatable bonds is 3. The number of nitrogens with zero attached hydrogens (tertiary/aromatic N) is 3. The van der Waals surface area contributed by atoms with Crippen LogP contribution in [0.3, 0.4) is 0 Å². The molecular weight excluding hydrogens is 328 g/mol. The Kier molecular flexibility index (Phi) is 5.50. The third-order valence-electron chi connectivity index (χ3n) is 6.24. The van der Waals surface area contributed by atoms with E-state index in [0.717, 1.165) is 68.7 Å². The molecule has 6 heteroatoms. The Labute approximate surface area is 155 Å². The Bertz CT molecular complexity index is 637. The summed E-state index contributed by atoms with van der Waals surface area (Å²) in [6, 6.07) is 0.296. The number of ether oxygens (including phenoxy) is 1. The third-order valence-corrected chi connectivity index (χ3v) is 6.24. The Morgan fingerprint density at radius 2 is 2.08 bits per heavy atom. The highest BCUT2D eigenvalue weighted by atomic mass is 16.5. The molecule has 142 valence electrons. The minimum atomic E-state index is 0.162. The monoisotopic (exact) mass is 358 g/mol. The van der Waals surface area contributed by atoms with E-state index in [4.69, 9.17) is 9.72 Å². The van der Waals surface area contributed by atoms with Gasteiger partial charge < -0.3 is 15.0 Å². The molecule has 1 N–H and O–H groups in total. The van der Waals surface area contributed by atoms with E-state index in [-0.39, 0.29) is 5.92 Å². The molecule has 1 aromatic rings. The topological polar surface area (TPSA) is 67.3 Å². The maximum absolute atomic E-state index is 12.9. The second-order valence-corrected chi connectivity index (χ2v) is 7.92. The highest BCUT2D eigenvalue weighted by molar-refractivity contribution is 5.79. The minimum absolute atomic E-state index is 0.162. The smallest absolute Gasteiger partial charge is 0.225 e. The molecule has 0 aromatic carbocycles. The average Bonchev–Trinajstić information content (AvgIpc) is 2.73. The van der Waals surface area contributed by atoms with Crippen LogP contribution in [0.4, 0.5) is 0 Å². The molecule has 1 unspecified atom stereocenters. The molecule has 3 heterocycles. The van der Waals surface area contributed by atoms with Gasteiger partial charge in [-0.3, -0.25) is 4.79 Å². The summed E-state index contributed by atoms with van der Waals surface area (Å²) in [4.78, 5) is 24.4. The summed E-state index contributed by atoms with van der Waals surface area (Å²) < 4.78 is 5.43. The van der Waals surface area contributed by atoms with Crippen molar-refractivity contribution in [3.05, 3.63) is 23.3 Å². The van der Waals surface area contributed by atoms with E-state index in [1.165, 1.54) is 12.8 Å². The molecule has 1 amide bonds. The first-order valence-corrected chi connectivity index (χ1v) is 10.1. The second kappa shape index (κ2) is 8.01. The van der Waals surface area contributed by atoms with E-state index in [2.05, 4.69) is 10.3 Å². The van der Waals surface area contributed by atoms with Crippen LogP contribution in [0.15, 0.2) is 6.20 Å². The predicted molar refractivity (Wildman–Crippen MR) is 98.5 cm³/mol. The minimum Gasteiger partial charge on any atom is -0.381 e. The molecule has 2 fully saturated rings. The van der Waals surface area contributed by atoms with Crippen molar-refractivity contribution in [2.24, 2.45) is 5.92 Å². The molecular formula is C20H30N4O2. The van der Waals surface area contributed by atoms with Gasteiger partial charge in [-0.2, -0.15) is 0 Å². The zero-order valence-electron chi connectivity index (χ0n) is 15.7. The van der Waals surface area contributed by atoms with Crippen molar-refractivity contribution < 1.29 is 9.53 Å². The zero-order chi connectivity index (χ0) is 17.9. The number of hydrogen-bond acceptors (Lipinski definition) is 5. The van der Waals surface area contributed by atoms with Gasteiger partial charge in [0.05, 0.1) is 17.8 Å². The molecule has 0 bridgehead atoms. The third kappa shape index (κ3) is 3.76. The van der Waals surface area contributed by atoms with Gasteiger partial charge in [0.15, 0.2) is 0 Å². The van der Waals surface area contributed by atoms with Crippen LogP contribution < -0.4 is 5.32 Å². The zero-order valence-corrected chi connectivity index (χ0v) is 15.7. The lowest BCUT2D eigenvalue weighted by atomic mass is 9.86. The number of piperidine rings is 1. The van der Waals surface area contributed by atoms with Gasteiger partial charge in [-0.05, 0) is 45.1 Å². The van der Waals surface area contributed by atoms with Crippen molar-refractivity contribution in [3.63, 3.8) is 0 Å². The van der Waals surface area contributed by atoms with Crippen LogP contribution in [-0.2, 0) is 22.5 Å². The van der Waals surface area contributed by atoms with Crippen molar-refractivity contribution in [2.45, 2.75) is 70.1 Å². The van der Waals surface area contributed by atoms with Gasteiger partial charge in [0.1, 0.15) is 5.82 Å². The number of carbonyl (C=O) groups excluding carboxylic acids is 1. The fourth-order valence-corrected chi connectivity index (χ4v) is 4.56. The number of hydrogen-bond donors (Lipinski definition) is 1. The largest absolute Gasteiger partial charge is 0.381 e. The molecule has 1 atom stereocenters. The lowest BCUT2D eigenvalue weighted by molar-refractivity contribution is -0.138. The Balaban J connectivity index is 1.39. The lowest BCUT2D eigenvalue weighted by Gasteiger charge is -2.34. The van der Waals surface area contributed by atoms with E-state index < -0.39 is 0 Å². The van der Waals surface area contributed by atoms with Crippen LogP contribution in [0.5, 0.6) is 0 Å². The van der Waals surface area contributed by atoms with Crippen LogP contribution in [0.25, 0.3) is 0 Å². The van der Waals surface area contributed by atoms with Gasteiger partial charge in [0.25, 0.3) is 0 Å². The summed E-state index contributed by atoms with van der Waals surface area (Å²) in [6.07, 6.45) is 10.6. The molecule has 26 heavy (non-hydrogen) atoms. The number of amides is 1. The van der Waals surface area contributed by atoms with Crippen molar-refractivity contribution in [1.29, 1.82) is 0 Å². The number of methoxy groups -OCH3 is 1. The molecule has 1 aromatic heterocycles. The molecule has 6 nitrogen and oxygen atoms in total. The summed E-state index contributed by atoms with van der Waals surface area (Å²) >= 11 is 0. The normalized spacial score (nSPS) is 29.3. The first-order valence-electron chi connectivity index (χ1n) is 10.1. The first-order chi connectivity index (χ1) is 12.7. The van der Waals surface area contributed by atoms with E-state index in [0.29, 0.717) is 24.6 Å². The Hall–Kier alpha value is -1.53. The maximum atomic E-state index is 12.9. The van der Waals surface area contributed by atoms with Gasteiger partial charge in [0.2, 0.25) is 5.91 Å². The van der Waals surface area contributed by atoms with E-state index >= 15 is 0 Å². The SMILES string of the molecule is COC1CCC(C(=O)N2CCc3nc(C4CCCCN4)ncc3C2)CC1. The van der Waals surface area contributed by atoms with Crippen molar-refractivity contribution in [2.75, 3.05) is 20.2 Å². The van der Waals surface area contributed by atoms with E-state index in [9.17, 15) is 4.79 Å². The molecule has 0 radical (unpaired) electrons. The second-order valence-electron chi connectivity index (χ2n) is 7.92. The number of fused-ring (bicyclic) bond motifs is 1. The molecule has 4 rings (SSSR count). The molecule has 1 aliphatic carbocycles. The van der Waals surface area contributed by atoms with Gasteiger partial charge in [-0.25, -0.2) is 9.97 Å². The van der Waals surface area contributed by atoms with Gasteiger partial charge in [-0.15, -0.1) is 0 Å². The summed E-state index contributed by atoms with van der Waals surface area (Å²) in [5, 5.41) is 3.52. The van der Waals surface area contributed by atoms with Crippen LogP contribution in [-0.4, -0.2) is 47.1 Å². The Morgan fingerprint density at radius 3 is 2.81 bits per heavy atom. The van der Waals surface area contributed by atoms with Crippen LogP contribution in [0.1, 0.15) is 68.1 Å². The highest BCUT2D eigenvalue weighted by Crippen LogP contribution is 2.29. The highest BCUT2D eigenvalue weighted by Gasteiger charge is 2.31. The molecule has 0 spiro atoms. The van der Waals surface area contributed by atoms with Gasteiger partial charge >= 0.3 is 0 Å². The van der Waals surface area contributed by atoms with Gasteiger partial charge in [0, 0.05) is 44.3 Å². The predicted octanol–water partition coefficient (Wildman–Crippen LogP) is 2.38. The number of nitrogens with one attached hydrogen (secondary N) is 1. The van der Waals surface area contributed by atoms with Crippen LogP contribution in [0.2, 0.25) is 0 Å². The molecule has 2 aliphatic heterocycles. The molecule has 3 aliphatic rings. The Morgan fingerprint density at radius 1 is 1.23 bits per heavy atom. The standard InChI is InChI=1S/C20H30N4O2/c1-26-16-7-5-14(6-8-16)20(25)24-11-9-17-15(13-24)12-22-19(23-17)18-4-2-3-10-21-18/h12,14,16,18,21H,2-11,13H2,1H3. The average molecular weight is 358 g/mol. The lowest BCUT2D eigenvalue weighted by Crippen LogP contribution is -2.42. The van der Waals surface area contributed by atoms with Crippen LogP contribution >= 0.6 is 0 Å². The number of aromatic nitrogens is 2. The van der Waals surface area contributed by atoms with Crippen LogP contribution in [0, 0.1) is 5.92 Å².